The zero-order valence-electron chi connectivity index (χ0n) is 16.8. The highest BCUT2D eigenvalue weighted by Gasteiger charge is 2.32. The summed E-state index contributed by atoms with van der Waals surface area (Å²) in [4.78, 5) is 24.5. The summed E-state index contributed by atoms with van der Waals surface area (Å²) >= 11 is 0. The fourth-order valence-electron chi connectivity index (χ4n) is 3.30. The second-order valence-corrected chi connectivity index (χ2v) is 7.15. The van der Waals surface area contributed by atoms with Gasteiger partial charge in [-0.15, -0.1) is 0 Å². The number of ether oxygens (including phenoxy) is 1. The molecule has 1 fully saturated rings. The van der Waals surface area contributed by atoms with Gasteiger partial charge in [0.1, 0.15) is 18.2 Å². The van der Waals surface area contributed by atoms with Crippen LogP contribution < -0.4 is 15.5 Å². The van der Waals surface area contributed by atoms with E-state index in [4.69, 9.17) is 9.26 Å². The molecule has 4 rings (SSSR count). The molecule has 1 aromatic heterocycles. The minimum absolute atomic E-state index is 0.204. The number of amides is 2. The number of nitrogens with one attached hydrogen (secondary N) is 2. The van der Waals surface area contributed by atoms with E-state index < -0.39 is 18.0 Å². The zero-order chi connectivity index (χ0) is 21.8. The highest BCUT2D eigenvalue weighted by molar-refractivity contribution is 5.90. The normalized spacial score (nSPS) is 15.6. The monoisotopic (exact) mass is 424 g/mol. The lowest BCUT2D eigenvalue weighted by Crippen LogP contribution is -2.33. The van der Waals surface area contributed by atoms with Gasteiger partial charge in [0.15, 0.2) is 5.82 Å². The lowest BCUT2D eigenvalue weighted by atomic mass is 10.0. The number of hydrogen-bond donors (Lipinski definition) is 2. The maximum absolute atomic E-state index is 14.8. The van der Waals surface area contributed by atoms with Gasteiger partial charge >= 0.3 is 6.09 Å². The predicted octanol–water partition coefficient (Wildman–Crippen LogP) is 3.55. The molecule has 3 aromatic rings. The maximum Gasteiger partial charge on any atom is 0.414 e. The van der Waals surface area contributed by atoms with Gasteiger partial charge < -0.3 is 19.9 Å². The van der Waals surface area contributed by atoms with Crippen molar-refractivity contribution in [1.29, 1.82) is 0 Å². The van der Waals surface area contributed by atoms with E-state index in [2.05, 4.69) is 15.8 Å². The molecule has 2 aromatic carbocycles. The van der Waals surface area contributed by atoms with Gasteiger partial charge in [-0.2, -0.15) is 0 Å². The van der Waals surface area contributed by atoms with Gasteiger partial charge in [0.05, 0.1) is 18.8 Å². The number of carbonyl (C=O) groups is 2. The molecule has 0 bridgehead atoms. The van der Waals surface area contributed by atoms with E-state index in [1.807, 2.05) is 24.3 Å². The van der Waals surface area contributed by atoms with E-state index in [-0.39, 0.29) is 19.0 Å². The van der Waals surface area contributed by atoms with Crippen LogP contribution in [-0.4, -0.2) is 36.4 Å². The Labute approximate surface area is 178 Å². The average Bonchev–Trinajstić information content (AvgIpc) is 3.41. The van der Waals surface area contributed by atoms with Crippen LogP contribution in [-0.2, 0) is 16.1 Å². The number of hydrogen-bond acceptors (Lipinski definition) is 6. The van der Waals surface area contributed by atoms with Crippen molar-refractivity contribution < 1.29 is 23.2 Å². The van der Waals surface area contributed by atoms with Crippen molar-refractivity contribution in [1.82, 2.24) is 10.5 Å². The maximum atomic E-state index is 14.8. The molecular weight excluding hydrogens is 403 g/mol. The summed E-state index contributed by atoms with van der Waals surface area (Å²) in [6, 6.07) is 13.8. The third-order valence-electron chi connectivity index (χ3n) is 4.89. The largest absolute Gasteiger partial charge is 0.442 e. The van der Waals surface area contributed by atoms with Gasteiger partial charge in [-0.3, -0.25) is 9.69 Å². The topological polar surface area (TPSA) is 96.7 Å². The molecule has 160 valence electrons. The molecule has 1 aliphatic rings. The van der Waals surface area contributed by atoms with Crippen LogP contribution in [0, 0.1) is 5.82 Å². The van der Waals surface area contributed by atoms with Crippen molar-refractivity contribution in [2.45, 2.75) is 19.6 Å². The van der Waals surface area contributed by atoms with Crippen LogP contribution in [0.5, 0.6) is 0 Å². The lowest BCUT2D eigenvalue weighted by Gasteiger charge is -2.15. The predicted molar refractivity (Wildman–Crippen MR) is 112 cm³/mol. The average molecular weight is 424 g/mol. The van der Waals surface area contributed by atoms with E-state index in [1.165, 1.54) is 24.2 Å². The highest BCUT2D eigenvalue weighted by atomic mass is 19.1. The first kappa shape index (κ1) is 20.4. The van der Waals surface area contributed by atoms with Crippen molar-refractivity contribution in [2.75, 3.05) is 23.3 Å². The standard InChI is InChI=1S/C22H21FN4O4/c1-14(28)24-12-18-13-27(22(29)31-18)17-6-7-19(20(23)10-17)16-4-2-15(3-5-16)11-25-21-8-9-30-26-21/h2-10,18H,11-13H2,1H3,(H,24,28)(H,25,26)/t18-/m0/s1. The Bertz CT molecular complexity index is 1070. The molecule has 9 heteroatoms. The third-order valence-corrected chi connectivity index (χ3v) is 4.89. The summed E-state index contributed by atoms with van der Waals surface area (Å²) in [6.45, 7) is 2.41. The van der Waals surface area contributed by atoms with E-state index in [9.17, 15) is 14.0 Å². The smallest absolute Gasteiger partial charge is 0.414 e. The molecular formula is C22H21FN4O4. The van der Waals surface area contributed by atoms with Gasteiger partial charge in [0, 0.05) is 25.1 Å². The molecule has 2 N–H and O–H groups in total. The molecule has 0 aliphatic carbocycles. The van der Waals surface area contributed by atoms with E-state index >= 15 is 0 Å². The zero-order valence-corrected chi connectivity index (χ0v) is 16.8. The molecule has 31 heavy (non-hydrogen) atoms. The highest BCUT2D eigenvalue weighted by Crippen LogP contribution is 2.29. The van der Waals surface area contributed by atoms with E-state index in [0.29, 0.717) is 23.6 Å². The molecule has 1 saturated heterocycles. The number of benzene rings is 2. The molecule has 0 spiro atoms. The van der Waals surface area contributed by atoms with Crippen LogP contribution in [0.4, 0.5) is 20.7 Å². The SMILES string of the molecule is CC(=O)NC[C@H]1CN(c2ccc(-c3ccc(CNc4ccon4)cc3)c(F)c2)C(=O)O1. The van der Waals surface area contributed by atoms with Crippen LogP contribution in [0.1, 0.15) is 12.5 Å². The number of cyclic esters (lactones) is 1. The van der Waals surface area contributed by atoms with Gasteiger partial charge in [0.25, 0.3) is 0 Å². The van der Waals surface area contributed by atoms with Crippen molar-refractivity contribution in [3.8, 4) is 11.1 Å². The van der Waals surface area contributed by atoms with Crippen molar-refractivity contribution in [2.24, 2.45) is 0 Å². The van der Waals surface area contributed by atoms with Crippen LogP contribution in [0.25, 0.3) is 11.1 Å². The summed E-state index contributed by atoms with van der Waals surface area (Å²) in [5.41, 5.74) is 2.57. The quantitative estimate of drug-likeness (QED) is 0.602. The fourth-order valence-corrected chi connectivity index (χ4v) is 3.30. The van der Waals surface area contributed by atoms with Crippen LogP contribution in [0.15, 0.2) is 59.3 Å². The number of halogens is 1. The van der Waals surface area contributed by atoms with Gasteiger partial charge in [-0.25, -0.2) is 9.18 Å². The lowest BCUT2D eigenvalue weighted by molar-refractivity contribution is -0.119. The molecule has 0 unspecified atom stereocenters. The number of anilines is 2. The molecule has 2 amide bonds. The Balaban J connectivity index is 1.42. The van der Waals surface area contributed by atoms with E-state index in [1.54, 1.807) is 18.2 Å². The van der Waals surface area contributed by atoms with Gasteiger partial charge in [0.2, 0.25) is 5.91 Å². The number of aromatic nitrogens is 1. The van der Waals surface area contributed by atoms with Crippen molar-refractivity contribution in [3.63, 3.8) is 0 Å². The van der Waals surface area contributed by atoms with Crippen LogP contribution in [0.2, 0.25) is 0 Å². The fraction of sp³-hybridized carbons (Fsp3) is 0.227. The summed E-state index contributed by atoms with van der Waals surface area (Å²) in [5.74, 6) is -0.000567. The first-order valence-corrected chi connectivity index (χ1v) is 9.75. The Morgan fingerprint density at radius 1 is 1.23 bits per heavy atom. The third kappa shape index (κ3) is 4.82. The first-order chi connectivity index (χ1) is 15.0. The number of rotatable bonds is 7. The minimum Gasteiger partial charge on any atom is -0.442 e. The van der Waals surface area contributed by atoms with Gasteiger partial charge in [-0.1, -0.05) is 29.4 Å². The summed E-state index contributed by atoms with van der Waals surface area (Å²) in [6.07, 6.45) is 0.451. The van der Waals surface area contributed by atoms with E-state index in [0.717, 1.165) is 11.1 Å². The van der Waals surface area contributed by atoms with Crippen LogP contribution >= 0.6 is 0 Å². The molecule has 2 heterocycles. The molecule has 1 atom stereocenters. The van der Waals surface area contributed by atoms with Gasteiger partial charge in [-0.05, 0) is 29.3 Å². The van der Waals surface area contributed by atoms with Crippen molar-refractivity contribution >= 4 is 23.5 Å². The number of carbonyl (C=O) groups excluding carboxylic acids is 2. The Morgan fingerprint density at radius 2 is 2.03 bits per heavy atom. The van der Waals surface area contributed by atoms with Crippen molar-refractivity contribution in [3.05, 3.63) is 66.2 Å². The molecule has 0 saturated carbocycles. The summed E-state index contributed by atoms with van der Waals surface area (Å²) in [5, 5.41) is 9.52. The summed E-state index contributed by atoms with van der Waals surface area (Å²) < 4.78 is 24.8. The summed E-state index contributed by atoms with van der Waals surface area (Å²) in [7, 11) is 0. The molecule has 0 radical (unpaired) electrons. The Morgan fingerprint density at radius 3 is 2.71 bits per heavy atom. The van der Waals surface area contributed by atoms with Crippen LogP contribution in [0.3, 0.4) is 0 Å². The second kappa shape index (κ2) is 8.86. The Hall–Kier alpha value is -3.88. The second-order valence-electron chi connectivity index (χ2n) is 7.15. The first-order valence-electron chi connectivity index (χ1n) is 9.75. The molecule has 1 aliphatic heterocycles. The Kier molecular flexibility index (Phi) is 5.83. The molecule has 8 nitrogen and oxygen atoms in total. The number of nitrogens with zero attached hydrogens (tertiary/aromatic N) is 2. The minimum atomic E-state index is -0.563.